The number of hydrazine groups is 1. The second-order valence-electron chi connectivity index (χ2n) is 7.75. The lowest BCUT2D eigenvalue weighted by Crippen LogP contribution is -2.42. The van der Waals surface area contributed by atoms with Crippen LogP contribution in [-0.2, 0) is 10.4 Å². The highest BCUT2D eigenvalue weighted by molar-refractivity contribution is 6.33. The van der Waals surface area contributed by atoms with Crippen LogP contribution in [0, 0.1) is 0 Å². The number of nitrogens with two attached hydrogens (primary N) is 2. The average Bonchev–Trinajstić information content (AvgIpc) is 3.25. The zero-order valence-electron chi connectivity index (χ0n) is 17.6. The number of oxime groups is 1. The van der Waals surface area contributed by atoms with Crippen molar-refractivity contribution in [2.24, 2.45) is 11.0 Å². The first-order valence-corrected chi connectivity index (χ1v) is 10.7. The number of nitrogen functional groups attached to an aromatic ring is 1. The van der Waals surface area contributed by atoms with Gasteiger partial charge in [0, 0.05) is 28.3 Å². The van der Waals surface area contributed by atoms with Gasteiger partial charge in [0.25, 0.3) is 5.60 Å². The molecule has 0 saturated heterocycles. The van der Waals surface area contributed by atoms with E-state index in [1.54, 1.807) is 6.07 Å². The van der Waals surface area contributed by atoms with Crippen molar-refractivity contribution in [3.63, 3.8) is 0 Å². The van der Waals surface area contributed by atoms with Gasteiger partial charge >= 0.3 is 6.18 Å². The normalized spacial score (nSPS) is 17.8. The number of nitrogens with zero attached hydrogens (tertiary/aromatic N) is 2. The zero-order valence-corrected chi connectivity index (χ0v) is 19.1. The van der Waals surface area contributed by atoms with Crippen LogP contribution in [0.1, 0.15) is 23.1 Å². The minimum Gasteiger partial charge on any atom is -0.399 e. The molecular formula is C24H19Cl2F3N4O. The summed E-state index contributed by atoms with van der Waals surface area (Å²) < 4.78 is 42.8. The molecule has 0 spiro atoms. The molecule has 34 heavy (non-hydrogen) atoms. The van der Waals surface area contributed by atoms with Crippen molar-refractivity contribution in [3.05, 3.63) is 100 Å². The Morgan fingerprint density at radius 1 is 1.06 bits per heavy atom. The summed E-state index contributed by atoms with van der Waals surface area (Å²) in [7, 11) is 0. The van der Waals surface area contributed by atoms with Crippen LogP contribution in [-0.4, -0.2) is 11.9 Å². The van der Waals surface area contributed by atoms with Crippen LogP contribution in [0.4, 0.5) is 24.5 Å². The van der Waals surface area contributed by atoms with Crippen LogP contribution in [0.2, 0.25) is 10.0 Å². The number of hydrogen-bond acceptors (Lipinski definition) is 5. The van der Waals surface area contributed by atoms with E-state index in [0.29, 0.717) is 16.9 Å². The van der Waals surface area contributed by atoms with Crippen molar-refractivity contribution >= 4 is 46.0 Å². The Labute approximate surface area is 204 Å². The van der Waals surface area contributed by atoms with Gasteiger partial charge in [-0.3, -0.25) is 5.01 Å². The van der Waals surface area contributed by atoms with E-state index in [1.807, 2.05) is 30.3 Å². The first-order chi connectivity index (χ1) is 16.0. The van der Waals surface area contributed by atoms with Crippen LogP contribution in [0.3, 0.4) is 0 Å². The van der Waals surface area contributed by atoms with Gasteiger partial charge in [-0.15, -0.1) is 0 Å². The molecule has 0 fully saturated rings. The Balaban J connectivity index is 1.69. The Bertz CT molecular complexity index is 1260. The summed E-state index contributed by atoms with van der Waals surface area (Å²) in [6.07, 6.45) is -5.40. The molecule has 0 radical (unpaired) electrons. The van der Waals surface area contributed by atoms with Gasteiger partial charge in [-0.2, -0.15) is 13.2 Å². The van der Waals surface area contributed by atoms with Gasteiger partial charge in [0.1, 0.15) is 0 Å². The topological polar surface area (TPSA) is 76.9 Å². The maximum Gasteiger partial charge on any atom is 0.435 e. The minimum atomic E-state index is -4.80. The molecule has 3 aromatic carbocycles. The van der Waals surface area contributed by atoms with E-state index in [0.717, 1.165) is 5.56 Å². The van der Waals surface area contributed by atoms with Crippen LogP contribution >= 0.6 is 23.2 Å². The van der Waals surface area contributed by atoms with Gasteiger partial charge in [-0.1, -0.05) is 71.3 Å². The summed E-state index contributed by atoms with van der Waals surface area (Å²) in [6.45, 7) is 4.00. The summed E-state index contributed by atoms with van der Waals surface area (Å²) in [5.74, 6) is 6.26. The molecule has 4 N–H and O–H groups in total. The van der Waals surface area contributed by atoms with Crippen LogP contribution in [0.15, 0.2) is 78.5 Å². The van der Waals surface area contributed by atoms with Crippen LogP contribution < -0.4 is 16.6 Å². The van der Waals surface area contributed by atoms with Crippen molar-refractivity contribution in [3.8, 4) is 0 Å². The maximum absolute atomic E-state index is 14.3. The monoisotopic (exact) mass is 506 g/mol. The highest BCUT2D eigenvalue weighted by Crippen LogP contribution is 2.50. The van der Waals surface area contributed by atoms with Crippen molar-refractivity contribution in [1.29, 1.82) is 0 Å². The molecule has 176 valence electrons. The smallest absolute Gasteiger partial charge is 0.399 e. The van der Waals surface area contributed by atoms with Crippen molar-refractivity contribution in [2.45, 2.75) is 18.2 Å². The predicted octanol–water partition coefficient (Wildman–Crippen LogP) is 6.51. The molecule has 0 amide bonds. The molecule has 0 aromatic heterocycles. The largest absolute Gasteiger partial charge is 0.435 e. The van der Waals surface area contributed by atoms with Gasteiger partial charge < -0.3 is 10.6 Å². The number of hydrogen-bond donors (Lipinski definition) is 2. The molecule has 1 unspecified atom stereocenters. The van der Waals surface area contributed by atoms with Crippen molar-refractivity contribution in [2.75, 3.05) is 10.7 Å². The van der Waals surface area contributed by atoms with E-state index in [2.05, 4.69) is 11.7 Å². The lowest BCUT2D eigenvalue weighted by atomic mass is 9.86. The molecule has 5 nitrogen and oxygen atoms in total. The fourth-order valence-corrected chi connectivity index (χ4v) is 4.15. The Hall–Kier alpha value is -3.20. The summed E-state index contributed by atoms with van der Waals surface area (Å²) in [4.78, 5) is 5.07. The maximum atomic E-state index is 14.3. The van der Waals surface area contributed by atoms with E-state index in [9.17, 15) is 13.2 Å². The Morgan fingerprint density at radius 3 is 2.41 bits per heavy atom. The molecule has 10 heteroatoms. The van der Waals surface area contributed by atoms with Gasteiger partial charge in [0.15, 0.2) is 0 Å². The van der Waals surface area contributed by atoms with E-state index in [1.165, 1.54) is 35.3 Å². The average molecular weight is 507 g/mol. The predicted molar refractivity (Wildman–Crippen MR) is 129 cm³/mol. The first-order valence-electron chi connectivity index (χ1n) is 9.99. The molecule has 1 atom stereocenters. The molecule has 1 heterocycles. The molecule has 4 rings (SSSR count). The molecule has 3 aromatic rings. The minimum absolute atomic E-state index is 0.0580. The summed E-state index contributed by atoms with van der Waals surface area (Å²) in [6, 6.07) is 17.5. The number of rotatable bonds is 5. The number of halogens is 5. The van der Waals surface area contributed by atoms with E-state index >= 15 is 0 Å². The first kappa shape index (κ1) is 23.9. The van der Waals surface area contributed by atoms with Gasteiger partial charge in [0.2, 0.25) is 0 Å². The lowest BCUT2D eigenvalue weighted by molar-refractivity contribution is -0.275. The fraction of sp³-hybridized carbons (Fsp3) is 0.125. The third-order valence-electron chi connectivity index (χ3n) is 5.51. The summed E-state index contributed by atoms with van der Waals surface area (Å²) in [5.41, 5.74) is 4.79. The van der Waals surface area contributed by atoms with Gasteiger partial charge in [-0.25, -0.2) is 5.84 Å². The van der Waals surface area contributed by atoms with Gasteiger partial charge in [0.05, 0.1) is 22.1 Å². The van der Waals surface area contributed by atoms with E-state index in [-0.39, 0.29) is 27.0 Å². The number of benzene rings is 3. The van der Waals surface area contributed by atoms with E-state index < -0.39 is 18.2 Å². The van der Waals surface area contributed by atoms with Crippen LogP contribution in [0.5, 0.6) is 0 Å². The van der Waals surface area contributed by atoms with Crippen LogP contribution in [0.25, 0.3) is 5.70 Å². The van der Waals surface area contributed by atoms with E-state index in [4.69, 9.17) is 39.6 Å². The Morgan fingerprint density at radius 2 is 1.76 bits per heavy atom. The summed E-state index contributed by atoms with van der Waals surface area (Å²) in [5, 5.41) is 5.40. The highest BCUT2D eigenvalue weighted by atomic mass is 35.5. The Kier molecular flexibility index (Phi) is 6.24. The van der Waals surface area contributed by atoms with Crippen molar-refractivity contribution < 1.29 is 18.0 Å². The fourth-order valence-electron chi connectivity index (χ4n) is 3.70. The van der Waals surface area contributed by atoms with Gasteiger partial charge in [-0.05, 0) is 35.9 Å². The van der Waals surface area contributed by atoms with Crippen molar-refractivity contribution in [1.82, 2.24) is 0 Å². The third kappa shape index (κ3) is 4.32. The second kappa shape index (κ2) is 8.87. The number of alkyl halides is 3. The molecule has 0 bridgehead atoms. The highest BCUT2D eigenvalue weighted by Gasteiger charge is 2.62. The standard InChI is InChI=1S/C24H19Cl2F3N4O/c1-14(15-5-3-2-4-6-15)33(31)22-9-16(7-8-20(22)26)21-13-23(34-32-21,24(27,28)29)17-10-18(25)12-19(30)11-17/h2-12H,1,13,30-31H2. The third-order valence-corrected chi connectivity index (χ3v) is 6.05. The molecule has 1 aliphatic rings. The second-order valence-corrected chi connectivity index (χ2v) is 8.60. The SMILES string of the molecule is C=C(c1ccccc1)N(N)c1cc(C2=NOC(c3cc(N)cc(Cl)c3)(C(F)(F)F)C2)ccc1Cl. The molecule has 0 aliphatic carbocycles. The lowest BCUT2D eigenvalue weighted by Gasteiger charge is -2.29. The zero-order chi connectivity index (χ0) is 24.7. The molecule has 1 aliphatic heterocycles. The quantitative estimate of drug-likeness (QED) is 0.235. The molecule has 0 saturated carbocycles. The number of anilines is 2. The summed E-state index contributed by atoms with van der Waals surface area (Å²) >= 11 is 12.3. The molecular weight excluding hydrogens is 488 g/mol.